The second kappa shape index (κ2) is 8.13. The Hall–Kier alpha value is -2.69. The summed E-state index contributed by atoms with van der Waals surface area (Å²) < 4.78 is 13.6. The summed E-state index contributed by atoms with van der Waals surface area (Å²) in [5.74, 6) is -0.513. The average Bonchev–Trinajstić information content (AvgIpc) is 2.67. The van der Waals surface area contributed by atoms with Gasteiger partial charge in [-0.15, -0.1) is 0 Å². The van der Waals surface area contributed by atoms with Gasteiger partial charge in [0.1, 0.15) is 5.82 Å². The fourth-order valence-corrected chi connectivity index (χ4v) is 3.19. The van der Waals surface area contributed by atoms with E-state index in [0.29, 0.717) is 37.1 Å². The number of nitrogens with one attached hydrogen (secondary N) is 1. The summed E-state index contributed by atoms with van der Waals surface area (Å²) in [5.41, 5.74) is 2.28. The molecule has 1 saturated heterocycles. The maximum Gasteiger partial charge on any atom is 0.253 e. The number of hydrogen-bond acceptors (Lipinski definition) is 2. The largest absolute Gasteiger partial charge is 0.352 e. The van der Waals surface area contributed by atoms with Crippen molar-refractivity contribution < 1.29 is 14.0 Å². The molecule has 2 aromatic carbocycles. The number of piperidine rings is 1. The van der Waals surface area contributed by atoms with Gasteiger partial charge in [0.25, 0.3) is 5.91 Å². The zero-order chi connectivity index (χ0) is 18.5. The van der Waals surface area contributed by atoms with E-state index < -0.39 is 0 Å². The van der Waals surface area contributed by atoms with Crippen LogP contribution in [-0.4, -0.2) is 29.8 Å². The topological polar surface area (TPSA) is 49.4 Å². The fourth-order valence-electron chi connectivity index (χ4n) is 3.19. The van der Waals surface area contributed by atoms with Gasteiger partial charge in [-0.1, -0.05) is 35.9 Å². The van der Waals surface area contributed by atoms with Crippen LogP contribution in [0.5, 0.6) is 0 Å². The van der Waals surface area contributed by atoms with Crippen molar-refractivity contribution >= 4 is 11.8 Å². The molecule has 2 aromatic rings. The van der Waals surface area contributed by atoms with Gasteiger partial charge < -0.3 is 10.2 Å². The second-order valence-electron chi connectivity index (χ2n) is 6.74. The van der Waals surface area contributed by atoms with E-state index in [1.54, 1.807) is 23.1 Å². The average molecular weight is 354 g/mol. The Morgan fingerprint density at radius 1 is 1.08 bits per heavy atom. The lowest BCUT2D eigenvalue weighted by Crippen LogP contribution is -2.43. The highest BCUT2D eigenvalue weighted by Crippen LogP contribution is 2.20. The molecule has 5 heteroatoms. The van der Waals surface area contributed by atoms with E-state index in [4.69, 9.17) is 0 Å². The molecule has 1 heterocycles. The Balaban J connectivity index is 1.50. The highest BCUT2D eigenvalue weighted by atomic mass is 19.1. The Kier molecular flexibility index (Phi) is 5.66. The van der Waals surface area contributed by atoms with E-state index in [1.807, 2.05) is 31.2 Å². The smallest absolute Gasteiger partial charge is 0.253 e. The number of carbonyl (C=O) groups is 2. The molecule has 0 unspecified atom stereocenters. The molecule has 0 radical (unpaired) electrons. The lowest BCUT2D eigenvalue weighted by molar-refractivity contribution is -0.126. The maximum absolute atomic E-state index is 13.6. The molecule has 4 nitrogen and oxygen atoms in total. The number of likely N-dealkylation sites (tertiary alicyclic amines) is 1. The summed E-state index contributed by atoms with van der Waals surface area (Å²) in [6.07, 6.45) is 1.25. The normalized spacial score (nSPS) is 14.9. The molecular weight excluding hydrogens is 331 g/mol. The van der Waals surface area contributed by atoms with Crippen molar-refractivity contribution in [3.05, 3.63) is 71.0 Å². The molecule has 1 N–H and O–H groups in total. The lowest BCUT2D eigenvalue weighted by Gasteiger charge is -2.31. The van der Waals surface area contributed by atoms with Gasteiger partial charge in [0, 0.05) is 36.7 Å². The van der Waals surface area contributed by atoms with Gasteiger partial charge in [-0.05, 0) is 38.0 Å². The number of benzene rings is 2. The third-order valence-corrected chi connectivity index (χ3v) is 4.86. The second-order valence-corrected chi connectivity index (χ2v) is 6.74. The summed E-state index contributed by atoms with van der Waals surface area (Å²) in [6.45, 7) is 3.29. The molecule has 136 valence electrons. The fraction of sp³-hybridized carbons (Fsp3) is 0.333. The first-order chi connectivity index (χ1) is 12.5. The Morgan fingerprint density at radius 3 is 2.38 bits per heavy atom. The van der Waals surface area contributed by atoms with Crippen molar-refractivity contribution in [3.63, 3.8) is 0 Å². The minimum Gasteiger partial charge on any atom is -0.352 e. The summed E-state index contributed by atoms with van der Waals surface area (Å²) in [5, 5.41) is 2.81. The third-order valence-electron chi connectivity index (χ3n) is 4.86. The highest BCUT2D eigenvalue weighted by molar-refractivity contribution is 5.94. The Bertz CT molecular complexity index is 781. The lowest BCUT2D eigenvalue weighted by atomic mass is 9.95. The van der Waals surface area contributed by atoms with Crippen LogP contribution in [0.25, 0.3) is 0 Å². The molecule has 3 rings (SSSR count). The molecule has 1 aliphatic rings. The summed E-state index contributed by atoms with van der Waals surface area (Å²) in [4.78, 5) is 26.6. The molecule has 1 fully saturated rings. The van der Waals surface area contributed by atoms with Crippen LogP contribution in [0.3, 0.4) is 0 Å². The SMILES string of the molecule is Cc1ccc(C(=O)N2CCC(C(=O)NCc3ccccc3F)CC2)cc1. The van der Waals surface area contributed by atoms with Gasteiger partial charge in [-0.3, -0.25) is 9.59 Å². The molecule has 0 bridgehead atoms. The quantitative estimate of drug-likeness (QED) is 0.916. The summed E-state index contributed by atoms with van der Waals surface area (Å²) in [6, 6.07) is 14.0. The van der Waals surface area contributed by atoms with Crippen molar-refractivity contribution in [2.24, 2.45) is 5.92 Å². The van der Waals surface area contributed by atoms with Crippen LogP contribution < -0.4 is 5.32 Å². The number of carbonyl (C=O) groups excluding carboxylic acids is 2. The minimum absolute atomic E-state index is 0.00946. The number of hydrogen-bond donors (Lipinski definition) is 1. The third kappa shape index (κ3) is 4.28. The molecule has 1 aliphatic heterocycles. The molecule has 0 saturated carbocycles. The Labute approximate surface area is 153 Å². The predicted octanol–water partition coefficient (Wildman–Crippen LogP) is 3.30. The van der Waals surface area contributed by atoms with E-state index >= 15 is 0 Å². The highest BCUT2D eigenvalue weighted by Gasteiger charge is 2.27. The van der Waals surface area contributed by atoms with Crippen LogP contribution in [-0.2, 0) is 11.3 Å². The molecule has 2 amide bonds. The first-order valence-corrected chi connectivity index (χ1v) is 8.91. The van der Waals surface area contributed by atoms with E-state index in [0.717, 1.165) is 5.56 Å². The van der Waals surface area contributed by atoms with Gasteiger partial charge >= 0.3 is 0 Å². The van der Waals surface area contributed by atoms with E-state index in [1.165, 1.54) is 6.07 Å². The molecule has 0 spiro atoms. The van der Waals surface area contributed by atoms with Crippen LogP contribution >= 0.6 is 0 Å². The van der Waals surface area contributed by atoms with Crippen LogP contribution in [0.1, 0.15) is 34.3 Å². The number of halogens is 1. The number of nitrogens with zero attached hydrogens (tertiary/aromatic N) is 1. The number of amides is 2. The van der Waals surface area contributed by atoms with E-state index in [-0.39, 0.29) is 30.1 Å². The monoisotopic (exact) mass is 354 g/mol. The van der Waals surface area contributed by atoms with Gasteiger partial charge in [0.05, 0.1) is 0 Å². The standard InChI is InChI=1S/C21H23FN2O2/c1-15-6-8-17(9-7-15)21(26)24-12-10-16(11-13-24)20(25)23-14-18-4-2-3-5-19(18)22/h2-9,16H,10-14H2,1H3,(H,23,25). The van der Waals surface area contributed by atoms with Crippen molar-refractivity contribution in [2.75, 3.05) is 13.1 Å². The molecule has 26 heavy (non-hydrogen) atoms. The first-order valence-electron chi connectivity index (χ1n) is 8.91. The molecule has 0 atom stereocenters. The van der Waals surface area contributed by atoms with Gasteiger partial charge in [0.15, 0.2) is 0 Å². The van der Waals surface area contributed by atoms with Crippen molar-refractivity contribution in [1.29, 1.82) is 0 Å². The van der Waals surface area contributed by atoms with E-state index in [9.17, 15) is 14.0 Å². The molecular formula is C21H23FN2O2. The molecule has 0 aliphatic carbocycles. The van der Waals surface area contributed by atoms with E-state index in [2.05, 4.69) is 5.32 Å². The van der Waals surface area contributed by atoms with Crippen LogP contribution in [0, 0.1) is 18.7 Å². The van der Waals surface area contributed by atoms with Crippen molar-refractivity contribution in [1.82, 2.24) is 10.2 Å². The zero-order valence-corrected chi connectivity index (χ0v) is 14.9. The van der Waals surface area contributed by atoms with Gasteiger partial charge in [-0.25, -0.2) is 4.39 Å². The zero-order valence-electron chi connectivity index (χ0n) is 14.9. The van der Waals surface area contributed by atoms with Crippen LogP contribution in [0.15, 0.2) is 48.5 Å². The van der Waals surface area contributed by atoms with Crippen LogP contribution in [0.2, 0.25) is 0 Å². The number of rotatable bonds is 4. The summed E-state index contributed by atoms with van der Waals surface area (Å²) >= 11 is 0. The first kappa shape index (κ1) is 18.1. The maximum atomic E-state index is 13.6. The Morgan fingerprint density at radius 2 is 1.73 bits per heavy atom. The van der Waals surface area contributed by atoms with Crippen LogP contribution in [0.4, 0.5) is 4.39 Å². The van der Waals surface area contributed by atoms with Crippen molar-refractivity contribution in [2.45, 2.75) is 26.3 Å². The van der Waals surface area contributed by atoms with Crippen molar-refractivity contribution in [3.8, 4) is 0 Å². The number of aryl methyl sites for hydroxylation is 1. The minimum atomic E-state index is -0.314. The predicted molar refractivity (Wildman–Crippen MR) is 98.1 cm³/mol. The van der Waals surface area contributed by atoms with Gasteiger partial charge in [0.2, 0.25) is 5.91 Å². The van der Waals surface area contributed by atoms with Gasteiger partial charge in [-0.2, -0.15) is 0 Å². The molecule has 0 aromatic heterocycles. The summed E-state index contributed by atoms with van der Waals surface area (Å²) in [7, 11) is 0.